The van der Waals surface area contributed by atoms with Gasteiger partial charge in [0.05, 0.1) is 6.20 Å². The molecule has 0 aliphatic rings. The van der Waals surface area contributed by atoms with Crippen molar-refractivity contribution in [3.05, 3.63) is 12.3 Å². The average Bonchev–Trinajstić information content (AvgIpc) is 2.63. The number of nitrogens with two attached hydrogens (primary N) is 2. The fourth-order valence-electron chi connectivity index (χ4n) is 1.16. The highest BCUT2D eigenvalue weighted by atomic mass is 16.2. The zero-order chi connectivity index (χ0) is 11.6. The maximum atomic E-state index is 11.5. The maximum absolute atomic E-state index is 11.5. The van der Waals surface area contributed by atoms with Crippen molar-refractivity contribution in [1.29, 1.82) is 0 Å². The molecule has 0 aliphatic carbocycles. The number of carbonyl (C=O) groups excluding carboxylic acids is 1. The summed E-state index contributed by atoms with van der Waals surface area (Å²) in [6, 6.07) is 1.27. The van der Waals surface area contributed by atoms with Crippen LogP contribution in [0.1, 0.15) is 19.9 Å². The Labute approximate surface area is 88.2 Å². The van der Waals surface area contributed by atoms with Crippen LogP contribution in [-0.2, 0) is 0 Å². The summed E-state index contributed by atoms with van der Waals surface area (Å²) in [5.41, 5.74) is 0. The van der Waals surface area contributed by atoms with Crippen LogP contribution < -0.4 is 16.7 Å². The van der Waals surface area contributed by atoms with Gasteiger partial charge in [0, 0.05) is 19.2 Å². The van der Waals surface area contributed by atoms with Crippen molar-refractivity contribution < 1.29 is 4.79 Å². The lowest BCUT2D eigenvalue weighted by Crippen LogP contribution is -2.49. The number of hydrazine groups is 2. The molecule has 0 atom stereocenters. The zero-order valence-corrected chi connectivity index (χ0v) is 9.08. The Hall–Kier alpha value is -1.60. The molecule has 0 saturated heterocycles. The van der Waals surface area contributed by atoms with Gasteiger partial charge in [0.25, 0.3) is 0 Å². The molecule has 1 aromatic rings. The van der Waals surface area contributed by atoms with Gasteiger partial charge in [0.15, 0.2) is 0 Å². The number of hydrogen-bond donors (Lipinski definition) is 2. The standard InChI is InChI=1S/C8H16N6O/c1-6(2)14-7(4-5-11-14)13(10)8(15)12(3)9/h4-6H,9-10H2,1-3H3. The molecular formula is C8H16N6O. The number of carbonyl (C=O) groups is 1. The summed E-state index contributed by atoms with van der Waals surface area (Å²) in [7, 11) is 1.43. The highest BCUT2D eigenvalue weighted by Gasteiger charge is 2.18. The van der Waals surface area contributed by atoms with E-state index in [1.165, 1.54) is 7.05 Å². The summed E-state index contributed by atoms with van der Waals surface area (Å²) in [6.45, 7) is 3.89. The van der Waals surface area contributed by atoms with E-state index in [9.17, 15) is 4.79 Å². The van der Waals surface area contributed by atoms with Crippen LogP contribution in [0.5, 0.6) is 0 Å². The van der Waals surface area contributed by atoms with Crippen LogP contribution in [-0.4, -0.2) is 27.9 Å². The molecule has 0 spiro atoms. The highest BCUT2D eigenvalue weighted by Crippen LogP contribution is 2.16. The van der Waals surface area contributed by atoms with E-state index in [1.54, 1.807) is 16.9 Å². The molecule has 2 amide bonds. The van der Waals surface area contributed by atoms with Gasteiger partial charge in [-0.2, -0.15) is 5.10 Å². The summed E-state index contributed by atoms with van der Waals surface area (Å²) in [4.78, 5) is 11.5. The largest absolute Gasteiger partial charge is 0.354 e. The lowest BCUT2D eigenvalue weighted by molar-refractivity contribution is 0.216. The molecule has 0 saturated carbocycles. The Balaban J connectivity index is 2.96. The van der Waals surface area contributed by atoms with E-state index in [0.29, 0.717) is 5.82 Å². The van der Waals surface area contributed by atoms with Crippen molar-refractivity contribution in [2.24, 2.45) is 11.7 Å². The maximum Gasteiger partial charge on any atom is 0.354 e. The third kappa shape index (κ3) is 2.25. The van der Waals surface area contributed by atoms with Crippen molar-refractivity contribution in [2.75, 3.05) is 12.1 Å². The molecule has 1 aromatic heterocycles. The van der Waals surface area contributed by atoms with Crippen molar-refractivity contribution in [1.82, 2.24) is 14.8 Å². The summed E-state index contributed by atoms with van der Waals surface area (Å²) < 4.78 is 1.64. The summed E-state index contributed by atoms with van der Waals surface area (Å²) in [6.07, 6.45) is 1.58. The number of aromatic nitrogens is 2. The predicted octanol–water partition coefficient (Wildman–Crippen LogP) is 0.0696. The summed E-state index contributed by atoms with van der Waals surface area (Å²) in [5, 5.41) is 5.94. The van der Waals surface area contributed by atoms with Gasteiger partial charge in [-0.05, 0) is 13.8 Å². The molecule has 7 nitrogen and oxygen atoms in total. The van der Waals surface area contributed by atoms with Gasteiger partial charge < -0.3 is 0 Å². The summed E-state index contributed by atoms with van der Waals surface area (Å²) in [5.74, 6) is 11.4. The Morgan fingerprint density at radius 3 is 2.60 bits per heavy atom. The molecule has 0 bridgehead atoms. The number of rotatable bonds is 2. The van der Waals surface area contributed by atoms with E-state index < -0.39 is 6.03 Å². The zero-order valence-electron chi connectivity index (χ0n) is 9.08. The first-order chi connectivity index (χ1) is 6.95. The van der Waals surface area contributed by atoms with E-state index in [1.807, 2.05) is 13.8 Å². The van der Waals surface area contributed by atoms with Crippen molar-refractivity contribution >= 4 is 11.8 Å². The van der Waals surface area contributed by atoms with Crippen LogP contribution in [0, 0.1) is 0 Å². The van der Waals surface area contributed by atoms with Crippen LogP contribution in [0.3, 0.4) is 0 Å². The number of urea groups is 1. The lowest BCUT2D eigenvalue weighted by Gasteiger charge is -2.22. The van der Waals surface area contributed by atoms with E-state index in [0.717, 1.165) is 10.0 Å². The second-order valence-electron chi connectivity index (χ2n) is 3.49. The fraction of sp³-hybridized carbons (Fsp3) is 0.500. The fourth-order valence-corrected chi connectivity index (χ4v) is 1.16. The quantitative estimate of drug-likeness (QED) is 0.412. The molecule has 4 N–H and O–H groups in total. The first-order valence-electron chi connectivity index (χ1n) is 4.56. The Bertz CT molecular complexity index is 345. The van der Waals surface area contributed by atoms with Gasteiger partial charge in [-0.3, -0.25) is 5.01 Å². The van der Waals surface area contributed by atoms with E-state index >= 15 is 0 Å². The SMILES string of the molecule is CC(C)n1nccc1N(N)C(=O)N(C)N. The molecule has 1 heterocycles. The molecule has 0 unspecified atom stereocenters. The first kappa shape index (κ1) is 11.5. The van der Waals surface area contributed by atoms with Gasteiger partial charge in [-0.1, -0.05) is 0 Å². The van der Waals surface area contributed by atoms with Crippen LogP contribution >= 0.6 is 0 Å². The molecule has 7 heteroatoms. The van der Waals surface area contributed by atoms with Gasteiger partial charge in [0.1, 0.15) is 5.82 Å². The van der Waals surface area contributed by atoms with Gasteiger partial charge in [0.2, 0.25) is 0 Å². The number of anilines is 1. The third-order valence-corrected chi connectivity index (χ3v) is 1.89. The molecule has 0 aliphatic heterocycles. The molecule has 0 aromatic carbocycles. The molecular weight excluding hydrogens is 196 g/mol. The van der Waals surface area contributed by atoms with Crippen LogP contribution in [0.4, 0.5) is 10.6 Å². The van der Waals surface area contributed by atoms with Gasteiger partial charge in [-0.25, -0.2) is 26.2 Å². The minimum Gasteiger partial charge on any atom is -0.264 e. The average molecular weight is 212 g/mol. The second kappa shape index (κ2) is 4.28. The molecule has 1 rings (SSSR count). The first-order valence-corrected chi connectivity index (χ1v) is 4.56. The smallest absolute Gasteiger partial charge is 0.264 e. The van der Waals surface area contributed by atoms with Crippen molar-refractivity contribution in [3.8, 4) is 0 Å². The normalized spacial score (nSPS) is 10.5. The minimum atomic E-state index is -0.502. The Kier molecular flexibility index (Phi) is 3.28. The third-order valence-electron chi connectivity index (χ3n) is 1.89. The van der Waals surface area contributed by atoms with Crippen LogP contribution in [0.25, 0.3) is 0 Å². The topological polar surface area (TPSA) is 93.4 Å². The monoisotopic (exact) mass is 212 g/mol. The van der Waals surface area contributed by atoms with Gasteiger partial charge in [-0.15, -0.1) is 0 Å². The lowest BCUT2D eigenvalue weighted by atomic mass is 10.4. The van der Waals surface area contributed by atoms with Crippen LogP contribution in [0.15, 0.2) is 12.3 Å². The minimum absolute atomic E-state index is 0.122. The Morgan fingerprint density at radius 2 is 2.13 bits per heavy atom. The number of hydrogen-bond acceptors (Lipinski definition) is 4. The Morgan fingerprint density at radius 1 is 1.53 bits per heavy atom. The van der Waals surface area contributed by atoms with E-state index in [2.05, 4.69) is 5.10 Å². The van der Waals surface area contributed by atoms with E-state index in [-0.39, 0.29) is 6.04 Å². The molecule has 0 fully saturated rings. The molecule has 84 valence electrons. The molecule has 15 heavy (non-hydrogen) atoms. The predicted molar refractivity (Wildman–Crippen MR) is 56.6 cm³/mol. The van der Waals surface area contributed by atoms with Gasteiger partial charge >= 0.3 is 6.03 Å². The summed E-state index contributed by atoms with van der Waals surface area (Å²) >= 11 is 0. The molecule has 0 radical (unpaired) electrons. The van der Waals surface area contributed by atoms with Crippen LogP contribution in [0.2, 0.25) is 0 Å². The van der Waals surface area contributed by atoms with Crippen molar-refractivity contribution in [2.45, 2.75) is 19.9 Å². The van der Waals surface area contributed by atoms with E-state index in [4.69, 9.17) is 11.7 Å². The van der Waals surface area contributed by atoms with Crippen molar-refractivity contribution in [3.63, 3.8) is 0 Å². The highest BCUT2D eigenvalue weighted by molar-refractivity contribution is 5.89. The number of amides is 2. The second-order valence-corrected chi connectivity index (χ2v) is 3.49. The number of nitrogens with zero attached hydrogens (tertiary/aromatic N) is 4.